The molecule has 2 aliphatic carbocycles. The van der Waals surface area contributed by atoms with Crippen molar-refractivity contribution in [1.82, 2.24) is 4.90 Å². The number of carbonyl (C=O) groups excluding carboxylic acids is 2. The molecule has 122 valence electrons. The summed E-state index contributed by atoms with van der Waals surface area (Å²) >= 11 is 0. The third-order valence-electron chi connectivity index (χ3n) is 5.04. The summed E-state index contributed by atoms with van der Waals surface area (Å²) in [4.78, 5) is 26.1. The van der Waals surface area contributed by atoms with Gasteiger partial charge < -0.3 is 10.6 Å². The van der Waals surface area contributed by atoms with Gasteiger partial charge >= 0.3 is 0 Å². The molecule has 1 saturated heterocycles. The average molecular weight is 334 g/mol. The second kappa shape index (κ2) is 4.80. The number of carbonyl (C=O) groups is 2. The molecule has 6 nitrogen and oxygen atoms in total. The van der Waals surface area contributed by atoms with Crippen molar-refractivity contribution in [3.63, 3.8) is 0 Å². The Hall–Kier alpha value is -1.89. The summed E-state index contributed by atoms with van der Waals surface area (Å²) in [6.07, 6.45) is 2.88. The Morgan fingerprint density at radius 2 is 1.91 bits per heavy atom. The van der Waals surface area contributed by atoms with Crippen LogP contribution in [0.25, 0.3) is 0 Å². The maximum Gasteiger partial charge on any atom is 0.254 e. The van der Waals surface area contributed by atoms with E-state index in [9.17, 15) is 18.0 Å². The van der Waals surface area contributed by atoms with Crippen LogP contribution < -0.4 is 5.73 Å². The van der Waals surface area contributed by atoms with E-state index >= 15 is 0 Å². The molecule has 1 aliphatic heterocycles. The van der Waals surface area contributed by atoms with Gasteiger partial charge in [0.2, 0.25) is 5.91 Å². The molecule has 7 heteroatoms. The first-order chi connectivity index (χ1) is 10.9. The van der Waals surface area contributed by atoms with Gasteiger partial charge in [-0.05, 0) is 49.8 Å². The van der Waals surface area contributed by atoms with Gasteiger partial charge in [-0.1, -0.05) is 6.07 Å². The van der Waals surface area contributed by atoms with Crippen molar-refractivity contribution in [3.8, 4) is 0 Å². The number of hydrogen-bond donors (Lipinski definition) is 1. The maximum absolute atomic E-state index is 12.8. The molecule has 1 aromatic rings. The Kier molecular flexibility index (Phi) is 3.07. The van der Waals surface area contributed by atoms with Crippen molar-refractivity contribution >= 4 is 21.7 Å². The minimum Gasteiger partial charge on any atom is -0.368 e. The number of fused-ring (bicyclic) bond motifs is 1. The average Bonchev–Trinajstić information content (AvgIpc) is 3.44. The van der Waals surface area contributed by atoms with Gasteiger partial charge in [-0.3, -0.25) is 9.59 Å². The van der Waals surface area contributed by atoms with Crippen molar-refractivity contribution in [2.75, 3.05) is 0 Å². The Morgan fingerprint density at radius 3 is 2.57 bits per heavy atom. The summed E-state index contributed by atoms with van der Waals surface area (Å²) in [5, 5.41) is -0.314. The molecule has 3 fully saturated rings. The van der Waals surface area contributed by atoms with Gasteiger partial charge in [0.25, 0.3) is 5.91 Å². The van der Waals surface area contributed by atoms with Crippen LogP contribution >= 0.6 is 0 Å². The standard InChI is InChI=1S/C16H18N2O4S/c17-15(19)14-8-10-7-13(10)18(14)16(20)9-2-1-3-12(6-9)23(21,22)11-4-5-11/h1-3,6,10-11,13-14H,4-5,7-8H2,(H2,17,19). The number of nitrogens with two attached hydrogens (primary N) is 1. The first-order valence-corrected chi connectivity index (χ1v) is 9.40. The van der Waals surface area contributed by atoms with Crippen LogP contribution in [0.2, 0.25) is 0 Å². The number of amides is 2. The van der Waals surface area contributed by atoms with E-state index in [0.29, 0.717) is 30.7 Å². The Morgan fingerprint density at radius 1 is 1.17 bits per heavy atom. The number of hydrogen-bond acceptors (Lipinski definition) is 4. The summed E-state index contributed by atoms with van der Waals surface area (Å²) in [7, 11) is -3.34. The van der Waals surface area contributed by atoms with Crippen LogP contribution in [-0.2, 0) is 14.6 Å². The number of sulfone groups is 1. The van der Waals surface area contributed by atoms with Crippen molar-refractivity contribution in [3.05, 3.63) is 29.8 Å². The first kappa shape index (κ1) is 14.7. The number of primary amides is 1. The van der Waals surface area contributed by atoms with Crippen molar-refractivity contribution in [2.45, 2.75) is 47.9 Å². The molecule has 1 heterocycles. The number of nitrogens with zero attached hydrogens (tertiary/aromatic N) is 1. The van der Waals surface area contributed by atoms with E-state index in [1.54, 1.807) is 17.0 Å². The maximum atomic E-state index is 12.8. The van der Waals surface area contributed by atoms with E-state index in [1.807, 2.05) is 0 Å². The summed E-state index contributed by atoms with van der Waals surface area (Å²) < 4.78 is 24.7. The number of benzene rings is 1. The first-order valence-electron chi connectivity index (χ1n) is 7.85. The zero-order valence-electron chi connectivity index (χ0n) is 12.5. The van der Waals surface area contributed by atoms with Crippen LogP contribution in [0.5, 0.6) is 0 Å². The lowest BCUT2D eigenvalue weighted by molar-refractivity contribution is -0.122. The summed E-state index contributed by atoms with van der Waals surface area (Å²) in [5.74, 6) is -0.436. The Labute approximate surface area is 134 Å². The molecule has 3 unspecified atom stereocenters. The highest BCUT2D eigenvalue weighted by Gasteiger charge is 2.55. The van der Waals surface area contributed by atoms with Crippen LogP contribution in [0.1, 0.15) is 36.0 Å². The molecule has 3 atom stereocenters. The molecule has 23 heavy (non-hydrogen) atoms. The molecule has 2 amide bonds. The smallest absolute Gasteiger partial charge is 0.254 e. The van der Waals surface area contributed by atoms with E-state index in [-0.39, 0.29) is 22.1 Å². The van der Waals surface area contributed by atoms with E-state index in [1.165, 1.54) is 12.1 Å². The highest BCUT2D eigenvalue weighted by Crippen LogP contribution is 2.48. The highest BCUT2D eigenvalue weighted by atomic mass is 32.2. The molecule has 2 N–H and O–H groups in total. The molecular formula is C16H18N2O4S. The number of rotatable bonds is 4. The highest BCUT2D eigenvalue weighted by molar-refractivity contribution is 7.92. The largest absolute Gasteiger partial charge is 0.368 e. The lowest BCUT2D eigenvalue weighted by Gasteiger charge is -2.25. The monoisotopic (exact) mass is 334 g/mol. The second-order valence-electron chi connectivity index (χ2n) is 6.70. The third kappa shape index (κ3) is 2.34. The van der Waals surface area contributed by atoms with Gasteiger partial charge in [0.15, 0.2) is 9.84 Å². The van der Waals surface area contributed by atoms with Crippen LogP contribution in [0.15, 0.2) is 29.2 Å². The second-order valence-corrected chi connectivity index (χ2v) is 8.93. The molecule has 4 rings (SSSR count). The fraction of sp³-hybridized carbons (Fsp3) is 0.500. The Bertz CT molecular complexity index is 800. The van der Waals surface area contributed by atoms with E-state index in [0.717, 1.165) is 6.42 Å². The Balaban J connectivity index is 1.65. The summed E-state index contributed by atoms with van der Waals surface area (Å²) in [6, 6.07) is 5.65. The van der Waals surface area contributed by atoms with Crippen molar-refractivity contribution in [1.29, 1.82) is 0 Å². The van der Waals surface area contributed by atoms with Crippen molar-refractivity contribution in [2.24, 2.45) is 11.7 Å². The molecular weight excluding hydrogens is 316 g/mol. The van der Waals surface area contributed by atoms with E-state index in [4.69, 9.17) is 5.73 Å². The molecule has 0 bridgehead atoms. The predicted octanol–water partition coefficient (Wildman–Crippen LogP) is 0.711. The van der Waals surface area contributed by atoms with Crippen LogP contribution in [-0.4, -0.2) is 42.5 Å². The fourth-order valence-electron chi connectivity index (χ4n) is 3.53. The van der Waals surface area contributed by atoms with Gasteiger partial charge in [0, 0.05) is 11.6 Å². The van der Waals surface area contributed by atoms with Gasteiger partial charge in [0.1, 0.15) is 6.04 Å². The normalized spacial score (nSPS) is 29.2. The third-order valence-corrected chi connectivity index (χ3v) is 7.30. The number of piperidine rings is 1. The van der Waals surface area contributed by atoms with E-state index < -0.39 is 21.8 Å². The van der Waals surface area contributed by atoms with Crippen LogP contribution in [0, 0.1) is 5.92 Å². The number of likely N-dealkylation sites (tertiary alicyclic amines) is 1. The summed E-state index contributed by atoms with van der Waals surface area (Å²) in [5.41, 5.74) is 5.72. The zero-order chi connectivity index (χ0) is 16.4. The van der Waals surface area contributed by atoms with Gasteiger partial charge in [-0.25, -0.2) is 8.42 Å². The van der Waals surface area contributed by atoms with Crippen LogP contribution in [0.3, 0.4) is 0 Å². The molecule has 3 aliphatic rings. The quantitative estimate of drug-likeness (QED) is 0.877. The lowest BCUT2D eigenvalue weighted by atomic mass is 10.1. The lowest BCUT2D eigenvalue weighted by Crippen LogP contribution is -2.46. The van der Waals surface area contributed by atoms with Gasteiger partial charge in [0.05, 0.1) is 10.1 Å². The molecule has 0 spiro atoms. The topological polar surface area (TPSA) is 97.5 Å². The van der Waals surface area contributed by atoms with Gasteiger partial charge in [-0.15, -0.1) is 0 Å². The van der Waals surface area contributed by atoms with Crippen molar-refractivity contribution < 1.29 is 18.0 Å². The predicted molar refractivity (Wildman–Crippen MR) is 82.3 cm³/mol. The summed E-state index contributed by atoms with van der Waals surface area (Å²) in [6.45, 7) is 0. The minimum atomic E-state index is -3.34. The fourth-order valence-corrected chi connectivity index (χ4v) is 5.23. The zero-order valence-corrected chi connectivity index (χ0v) is 13.3. The molecule has 0 radical (unpaired) electrons. The molecule has 1 aromatic carbocycles. The molecule has 0 aromatic heterocycles. The van der Waals surface area contributed by atoms with Crippen LogP contribution in [0.4, 0.5) is 0 Å². The SMILES string of the molecule is NC(=O)C1CC2CC2N1C(=O)c1cccc(S(=O)(=O)C2CC2)c1. The van der Waals surface area contributed by atoms with E-state index in [2.05, 4.69) is 0 Å². The minimum absolute atomic E-state index is 0.0729. The van der Waals surface area contributed by atoms with Gasteiger partial charge in [-0.2, -0.15) is 0 Å². The molecule has 2 saturated carbocycles.